The molecule has 0 aliphatic carbocycles. The third-order valence-corrected chi connectivity index (χ3v) is 2.94. The van der Waals surface area contributed by atoms with E-state index in [0.717, 1.165) is 32.5 Å². The predicted octanol–water partition coefficient (Wildman–Crippen LogP) is 1.70. The van der Waals surface area contributed by atoms with Gasteiger partial charge in [-0.1, -0.05) is 0 Å². The molecule has 0 spiro atoms. The molecule has 1 fully saturated rings. The van der Waals surface area contributed by atoms with E-state index in [1.54, 1.807) is 7.11 Å². The summed E-state index contributed by atoms with van der Waals surface area (Å²) in [6.07, 6.45) is 5.93. The van der Waals surface area contributed by atoms with Crippen molar-refractivity contribution in [2.75, 3.05) is 20.3 Å². The highest BCUT2D eigenvalue weighted by molar-refractivity contribution is 4.80. The maximum absolute atomic E-state index is 6.15. The van der Waals surface area contributed by atoms with Crippen LogP contribution in [0.3, 0.4) is 0 Å². The molecule has 2 atom stereocenters. The second-order valence-electron chi connectivity index (χ2n) is 4.57. The largest absolute Gasteiger partial charge is 0.385 e. The van der Waals surface area contributed by atoms with Gasteiger partial charge in [0.15, 0.2) is 0 Å². The Morgan fingerprint density at radius 3 is 2.86 bits per heavy atom. The van der Waals surface area contributed by atoms with Crippen molar-refractivity contribution in [3.63, 3.8) is 0 Å². The minimum Gasteiger partial charge on any atom is -0.385 e. The minimum absolute atomic E-state index is 0.0953. The molecule has 2 N–H and O–H groups in total. The van der Waals surface area contributed by atoms with Crippen LogP contribution in [0.4, 0.5) is 0 Å². The first-order valence-electron chi connectivity index (χ1n) is 5.53. The molecule has 0 amide bonds. The highest BCUT2D eigenvalue weighted by Crippen LogP contribution is 2.21. The highest BCUT2D eigenvalue weighted by atomic mass is 16.5. The van der Waals surface area contributed by atoms with Crippen molar-refractivity contribution < 1.29 is 9.47 Å². The van der Waals surface area contributed by atoms with Crippen LogP contribution >= 0.6 is 0 Å². The van der Waals surface area contributed by atoms with Crippen molar-refractivity contribution in [3.05, 3.63) is 0 Å². The Balaban J connectivity index is 2.14. The minimum atomic E-state index is -0.0953. The first kappa shape index (κ1) is 12.0. The molecule has 3 nitrogen and oxygen atoms in total. The smallest absolute Gasteiger partial charge is 0.0576 e. The Morgan fingerprint density at radius 1 is 1.50 bits per heavy atom. The Labute approximate surface area is 86.9 Å². The maximum Gasteiger partial charge on any atom is 0.0576 e. The van der Waals surface area contributed by atoms with E-state index in [0.29, 0.717) is 6.10 Å². The topological polar surface area (TPSA) is 44.5 Å². The van der Waals surface area contributed by atoms with Crippen LogP contribution in [-0.2, 0) is 9.47 Å². The number of nitrogens with two attached hydrogens (primary N) is 1. The normalized spacial score (nSPS) is 26.4. The summed E-state index contributed by atoms with van der Waals surface area (Å²) >= 11 is 0. The lowest BCUT2D eigenvalue weighted by Crippen LogP contribution is -2.38. The summed E-state index contributed by atoms with van der Waals surface area (Å²) in [5.74, 6) is 0. The van der Waals surface area contributed by atoms with Gasteiger partial charge in [-0.25, -0.2) is 0 Å². The van der Waals surface area contributed by atoms with Crippen molar-refractivity contribution in [2.45, 2.75) is 50.7 Å². The van der Waals surface area contributed by atoms with Crippen LogP contribution in [0.2, 0.25) is 0 Å². The van der Waals surface area contributed by atoms with Gasteiger partial charge in [0.25, 0.3) is 0 Å². The zero-order valence-corrected chi connectivity index (χ0v) is 9.42. The van der Waals surface area contributed by atoms with Crippen LogP contribution in [-0.4, -0.2) is 32.0 Å². The number of hydrogen-bond donors (Lipinski definition) is 1. The van der Waals surface area contributed by atoms with Crippen molar-refractivity contribution in [1.82, 2.24) is 0 Å². The first-order valence-corrected chi connectivity index (χ1v) is 5.53. The predicted molar refractivity (Wildman–Crippen MR) is 57.3 cm³/mol. The molecule has 2 unspecified atom stereocenters. The third-order valence-electron chi connectivity index (χ3n) is 2.94. The average Bonchev–Trinajstić information content (AvgIpc) is 2.64. The van der Waals surface area contributed by atoms with E-state index in [4.69, 9.17) is 15.2 Å². The van der Waals surface area contributed by atoms with Gasteiger partial charge in [0, 0.05) is 25.9 Å². The van der Waals surface area contributed by atoms with E-state index in [2.05, 4.69) is 6.92 Å². The Bertz CT molecular complexity index is 153. The summed E-state index contributed by atoms with van der Waals surface area (Å²) in [5.41, 5.74) is 6.05. The molecular formula is C11H23NO2. The number of methoxy groups -OCH3 is 1. The van der Waals surface area contributed by atoms with Gasteiger partial charge < -0.3 is 15.2 Å². The summed E-state index contributed by atoms with van der Waals surface area (Å²) in [7, 11) is 1.72. The lowest BCUT2D eigenvalue weighted by Gasteiger charge is -2.25. The maximum atomic E-state index is 6.15. The zero-order chi connectivity index (χ0) is 10.4. The van der Waals surface area contributed by atoms with Gasteiger partial charge in [-0.2, -0.15) is 0 Å². The molecule has 14 heavy (non-hydrogen) atoms. The fraction of sp³-hybridized carbons (Fsp3) is 1.00. The van der Waals surface area contributed by atoms with Crippen LogP contribution < -0.4 is 5.73 Å². The summed E-state index contributed by atoms with van der Waals surface area (Å²) < 4.78 is 10.6. The van der Waals surface area contributed by atoms with E-state index >= 15 is 0 Å². The second kappa shape index (κ2) is 5.69. The molecule has 0 bridgehead atoms. The monoisotopic (exact) mass is 201 g/mol. The van der Waals surface area contributed by atoms with E-state index in [1.165, 1.54) is 12.8 Å². The van der Waals surface area contributed by atoms with Crippen LogP contribution in [0.25, 0.3) is 0 Å². The second-order valence-corrected chi connectivity index (χ2v) is 4.57. The van der Waals surface area contributed by atoms with Gasteiger partial charge in [0.2, 0.25) is 0 Å². The molecule has 1 aliphatic rings. The molecule has 84 valence electrons. The van der Waals surface area contributed by atoms with Crippen molar-refractivity contribution in [2.24, 2.45) is 5.73 Å². The quantitative estimate of drug-likeness (QED) is 0.711. The standard InChI is InChI=1S/C11H23NO2/c1-11(12,7-9-13-2)6-5-10-4-3-8-14-10/h10H,3-9,12H2,1-2H3. The number of rotatable bonds is 6. The molecule has 1 heterocycles. The van der Waals surface area contributed by atoms with Crippen molar-refractivity contribution in [1.29, 1.82) is 0 Å². The van der Waals surface area contributed by atoms with Crippen LogP contribution in [0.1, 0.15) is 39.0 Å². The zero-order valence-electron chi connectivity index (χ0n) is 9.42. The molecule has 0 aromatic heterocycles. The molecule has 0 aromatic carbocycles. The first-order chi connectivity index (χ1) is 6.64. The molecule has 1 saturated heterocycles. The Kier molecular flexibility index (Phi) is 4.85. The lowest BCUT2D eigenvalue weighted by molar-refractivity contribution is 0.0929. The van der Waals surface area contributed by atoms with E-state index in [1.807, 2.05) is 0 Å². The van der Waals surface area contributed by atoms with Gasteiger partial charge in [0.1, 0.15) is 0 Å². The van der Waals surface area contributed by atoms with E-state index < -0.39 is 0 Å². The van der Waals surface area contributed by atoms with Crippen molar-refractivity contribution >= 4 is 0 Å². The Hall–Kier alpha value is -0.120. The summed E-state index contributed by atoms with van der Waals surface area (Å²) in [4.78, 5) is 0. The fourth-order valence-corrected chi connectivity index (χ4v) is 1.82. The molecule has 0 saturated carbocycles. The Morgan fingerprint density at radius 2 is 2.29 bits per heavy atom. The molecule has 1 aliphatic heterocycles. The van der Waals surface area contributed by atoms with Crippen LogP contribution in [0.15, 0.2) is 0 Å². The lowest BCUT2D eigenvalue weighted by atomic mass is 9.91. The van der Waals surface area contributed by atoms with E-state index in [9.17, 15) is 0 Å². The number of hydrogen-bond acceptors (Lipinski definition) is 3. The summed E-state index contributed by atoms with van der Waals surface area (Å²) in [6, 6.07) is 0. The molecular weight excluding hydrogens is 178 g/mol. The highest BCUT2D eigenvalue weighted by Gasteiger charge is 2.22. The van der Waals surface area contributed by atoms with Crippen molar-refractivity contribution in [3.8, 4) is 0 Å². The average molecular weight is 201 g/mol. The fourth-order valence-electron chi connectivity index (χ4n) is 1.82. The molecule has 0 aromatic rings. The molecule has 0 radical (unpaired) electrons. The van der Waals surface area contributed by atoms with Gasteiger partial charge in [-0.3, -0.25) is 0 Å². The molecule has 1 rings (SSSR count). The number of ether oxygens (including phenoxy) is 2. The summed E-state index contributed by atoms with van der Waals surface area (Å²) in [5, 5.41) is 0. The van der Waals surface area contributed by atoms with E-state index in [-0.39, 0.29) is 5.54 Å². The van der Waals surface area contributed by atoms with Gasteiger partial charge in [-0.05, 0) is 39.0 Å². The van der Waals surface area contributed by atoms with Crippen LogP contribution in [0, 0.1) is 0 Å². The summed E-state index contributed by atoms with van der Waals surface area (Å²) in [6.45, 7) is 3.78. The SMILES string of the molecule is COCCC(C)(N)CCC1CCCO1. The van der Waals surface area contributed by atoms with Crippen LogP contribution in [0.5, 0.6) is 0 Å². The van der Waals surface area contributed by atoms with Gasteiger partial charge in [0.05, 0.1) is 6.10 Å². The third kappa shape index (κ3) is 4.40. The van der Waals surface area contributed by atoms with Gasteiger partial charge in [-0.15, -0.1) is 0 Å². The van der Waals surface area contributed by atoms with Gasteiger partial charge >= 0.3 is 0 Å². The molecule has 3 heteroatoms.